The van der Waals surface area contributed by atoms with Crippen molar-refractivity contribution in [1.29, 1.82) is 0 Å². The monoisotopic (exact) mass is 222 g/mol. The van der Waals surface area contributed by atoms with Gasteiger partial charge in [0.05, 0.1) is 13.7 Å². The molecule has 16 heavy (non-hydrogen) atoms. The Morgan fingerprint density at radius 1 is 1.56 bits per heavy atom. The van der Waals surface area contributed by atoms with Crippen molar-refractivity contribution < 1.29 is 9.53 Å². The lowest BCUT2D eigenvalue weighted by Crippen LogP contribution is -2.06. The van der Waals surface area contributed by atoms with Gasteiger partial charge in [-0.2, -0.15) is 0 Å². The summed E-state index contributed by atoms with van der Waals surface area (Å²) in [6.45, 7) is 0.415. The van der Waals surface area contributed by atoms with Crippen LogP contribution in [0.5, 0.6) is 0 Å². The lowest BCUT2D eigenvalue weighted by Gasteiger charge is -1.94. The van der Waals surface area contributed by atoms with Crippen LogP contribution in [0.4, 0.5) is 0 Å². The minimum atomic E-state index is -0.558. The molecule has 0 N–H and O–H groups in total. The highest BCUT2D eigenvalue weighted by molar-refractivity contribution is 5.84. The second-order valence-electron chi connectivity index (χ2n) is 3.14. The number of methoxy groups -OCH3 is 1. The summed E-state index contributed by atoms with van der Waals surface area (Å²) in [5.41, 5.74) is 0.740. The average Bonchev–Trinajstić information content (AvgIpc) is 2.87. The van der Waals surface area contributed by atoms with Crippen LogP contribution in [0.15, 0.2) is 12.5 Å². The van der Waals surface area contributed by atoms with Crippen molar-refractivity contribution >= 4 is 5.97 Å². The number of nitrogens with zero attached hydrogens (tertiary/aromatic N) is 6. The van der Waals surface area contributed by atoms with Crippen LogP contribution in [0.1, 0.15) is 16.3 Å². The Hall–Kier alpha value is -2.25. The maximum Gasteiger partial charge on any atom is 0.377 e. The molecule has 8 heteroatoms. The molecule has 0 radical (unpaired) electrons. The third kappa shape index (κ3) is 2.05. The molecule has 2 rings (SSSR count). The fraction of sp³-hybridized carbons (Fsp3) is 0.375. The normalized spacial score (nSPS) is 10.4. The van der Waals surface area contributed by atoms with Crippen LogP contribution in [0.2, 0.25) is 0 Å². The van der Waals surface area contributed by atoms with Gasteiger partial charge in [0.15, 0.2) is 0 Å². The molecule has 0 aliphatic carbocycles. The van der Waals surface area contributed by atoms with Gasteiger partial charge in [-0.25, -0.2) is 14.5 Å². The fourth-order valence-corrected chi connectivity index (χ4v) is 1.19. The topological polar surface area (TPSA) is 87.7 Å². The molecule has 8 nitrogen and oxygen atoms in total. The summed E-state index contributed by atoms with van der Waals surface area (Å²) < 4.78 is 7.58. The molecule has 2 aromatic rings. The van der Waals surface area contributed by atoms with Crippen LogP contribution in [0.25, 0.3) is 0 Å². The molecule has 2 heterocycles. The smallest absolute Gasteiger partial charge is 0.377 e. The second kappa shape index (κ2) is 4.09. The molecule has 0 saturated heterocycles. The van der Waals surface area contributed by atoms with Crippen LogP contribution in [-0.4, -0.2) is 42.8 Å². The Bertz CT molecular complexity index is 502. The number of carbonyl (C=O) groups excluding carboxylic acids is 1. The molecule has 2 aromatic heterocycles. The molecular formula is C8H10N6O2. The zero-order valence-corrected chi connectivity index (χ0v) is 8.86. The second-order valence-corrected chi connectivity index (χ2v) is 3.14. The maximum atomic E-state index is 11.1. The maximum absolute atomic E-state index is 11.1. The van der Waals surface area contributed by atoms with Crippen LogP contribution in [0.3, 0.4) is 0 Å². The highest BCUT2D eigenvalue weighted by Crippen LogP contribution is 1.97. The zero-order valence-electron chi connectivity index (χ0n) is 8.86. The standard InChI is InChI=1S/C8H10N6O2/c1-13-3-6(10-12-13)4-14-5-9-7(11-14)8(15)16-2/h3,5H,4H2,1-2H3. The molecule has 0 spiro atoms. The summed E-state index contributed by atoms with van der Waals surface area (Å²) in [6.07, 6.45) is 3.21. The molecule has 0 aromatic carbocycles. The zero-order chi connectivity index (χ0) is 11.5. The Morgan fingerprint density at radius 3 is 3.00 bits per heavy atom. The first kappa shape index (κ1) is 10.3. The largest absolute Gasteiger partial charge is 0.463 e. The third-order valence-electron chi connectivity index (χ3n) is 1.88. The minimum absolute atomic E-state index is 0.0337. The Labute approximate surface area is 90.8 Å². The molecule has 0 bridgehead atoms. The van der Waals surface area contributed by atoms with Gasteiger partial charge in [0, 0.05) is 13.2 Å². The van der Waals surface area contributed by atoms with E-state index in [1.165, 1.54) is 18.1 Å². The number of esters is 1. The first-order valence-corrected chi connectivity index (χ1v) is 4.52. The summed E-state index contributed by atoms with van der Waals surface area (Å²) in [6, 6.07) is 0. The number of aryl methyl sites for hydroxylation is 1. The number of ether oxygens (including phenoxy) is 1. The lowest BCUT2D eigenvalue weighted by molar-refractivity contribution is 0.0586. The van der Waals surface area contributed by atoms with Crippen LogP contribution >= 0.6 is 0 Å². The summed E-state index contributed by atoms with van der Waals surface area (Å²) in [4.78, 5) is 14.9. The predicted molar refractivity (Wildman–Crippen MR) is 51.5 cm³/mol. The summed E-state index contributed by atoms with van der Waals surface area (Å²) >= 11 is 0. The van der Waals surface area contributed by atoms with Crippen LogP contribution in [-0.2, 0) is 18.3 Å². The summed E-state index contributed by atoms with van der Waals surface area (Å²) in [7, 11) is 3.06. The van der Waals surface area contributed by atoms with Crippen LogP contribution in [0, 0.1) is 0 Å². The molecule has 0 fully saturated rings. The number of rotatable bonds is 3. The summed E-state index contributed by atoms with van der Waals surface area (Å²) in [5.74, 6) is -0.524. The quantitative estimate of drug-likeness (QED) is 0.634. The Morgan fingerprint density at radius 2 is 2.38 bits per heavy atom. The molecular weight excluding hydrogens is 212 g/mol. The van der Waals surface area contributed by atoms with E-state index in [-0.39, 0.29) is 5.82 Å². The Balaban J connectivity index is 2.11. The van der Waals surface area contributed by atoms with E-state index in [1.807, 2.05) is 0 Å². The van der Waals surface area contributed by atoms with E-state index in [4.69, 9.17) is 0 Å². The van der Waals surface area contributed by atoms with Crippen molar-refractivity contribution in [1.82, 2.24) is 29.8 Å². The molecule has 0 aliphatic heterocycles. The number of hydrogen-bond acceptors (Lipinski definition) is 6. The van der Waals surface area contributed by atoms with Crippen molar-refractivity contribution in [3.05, 3.63) is 24.0 Å². The summed E-state index contributed by atoms with van der Waals surface area (Å²) in [5, 5.41) is 11.6. The van der Waals surface area contributed by atoms with Gasteiger partial charge in [-0.15, -0.1) is 10.2 Å². The van der Waals surface area contributed by atoms with Crippen LogP contribution < -0.4 is 0 Å². The Kier molecular flexibility index (Phi) is 2.63. The number of carbonyl (C=O) groups is 1. The first-order chi connectivity index (χ1) is 7.69. The van der Waals surface area contributed by atoms with Crippen molar-refractivity contribution in [2.45, 2.75) is 6.54 Å². The molecule has 0 atom stereocenters. The predicted octanol–water partition coefficient (Wildman–Crippen LogP) is -0.759. The molecule has 84 valence electrons. The molecule has 0 amide bonds. The SMILES string of the molecule is COC(=O)c1ncn(Cc2cn(C)nn2)n1. The van der Waals surface area contributed by atoms with E-state index >= 15 is 0 Å². The lowest BCUT2D eigenvalue weighted by atomic mass is 10.5. The van der Waals surface area contributed by atoms with E-state index in [0.29, 0.717) is 6.54 Å². The van der Waals surface area contributed by atoms with E-state index < -0.39 is 5.97 Å². The van der Waals surface area contributed by atoms with Gasteiger partial charge in [-0.3, -0.25) is 4.68 Å². The molecule has 0 saturated carbocycles. The van der Waals surface area contributed by atoms with Gasteiger partial charge in [0.25, 0.3) is 5.82 Å². The van der Waals surface area contributed by atoms with Crippen molar-refractivity contribution in [2.75, 3.05) is 7.11 Å². The van der Waals surface area contributed by atoms with Gasteiger partial charge in [-0.1, -0.05) is 5.21 Å². The first-order valence-electron chi connectivity index (χ1n) is 4.52. The highest BCUT2D eigenvalue weighted by Gasteiger charge is 2.11. The van der Waals surface area contributed by atoms with Gasteiger partial charge < -0.3 is 4.74 Å². The van der Waals surface area contributed by atoms with Gasteiger partial charge in [0.1, 0.15) is 12.0 Å². The third-order valence-corrected chi connectivity index (χ3v) is 1.88. The molecule has 0 unspecified atom stereocenters. The van der Waals surface area contributed by atoms with Crippen molar-refractivity contribution in [3.8, 4) is 0 Å². The fourth-order valence-electron chi connectivity index (χ4n) is 1.19. The molecule has 0 aliphatic rings. The van der Waals surface area contributed by atoms with E-state index in [2.05, 4.69) is 25.1 Å². The van der Waals surface area contributed by atoms with E-state index in [9.17, 15) is 4.79 Å². The highest BCUT2D eigenvalue weighted by atomic mass is 16.5. The average molecular weight is 222 g/mol. The van der Waals surface area contributed by atoms with Crippen molar-refractivity contribution in [2.24, 2.45) is 7.05 Å². The van der Waals surface area contributed by atoms with E-state index in [1.54, 1.807) is 17.9 Å². The van der Waals surface area contributed by atoms with Gasteiger partial charge >= 0.3 is 5.97 Å². The van der Waals surface area contributed by atoms with Gasteiger partial charge in [0.2, 0.25) is 0 Å². The number of hydrogen-bond donors (Lipinski definition) is 0. The van der Waals surface area contributed by atoms with Crippen molar-refractivity contribution in [3.63, 3.8) is 0 Å². The minimum Gasteiger partial charge on any atom is -0.463 e. The van der Waals surface area contributed by atoms with Gasteiger partial charge in [-0.05, 0) is 0 Å². The number of aromatic nitrogens is 6. The van der Waals surface area contributed by atoms with E-state index in [0.717, 1.165) is 5.69 Å².